The third kappa shape index (κ3) is 4.88. The summed E-state index contributed by atoms with van der Waals surface area (Å²) in [6, 6.07) is 10.6. The number of anilines is 1. The molecule has 0 aliphatic carbocycles. The molecule has 0 N–H and O–H groups in total. The molecular weight excluding hydrogens is 453 g/mol. The van der Waals surface area contributed by atoms with Crippen molar-refractivity contribution in [1.82, 2.24) is 0 Å². The fourth-order valence-electron chi connectivity index (χ4n) is 2.03. The molecule has 0 fully saturated rings. The monoisotopic (exact) mass is 465 g/mol. The summed E-state index contributed by atoms with van der Waals surface area (Å²) in [5.41, 5.74) is 0.313. The lowest BCUT2D eigenvalue weighted by molar-refractivity contribution is -0.141. The predicted octanol–water partition coefficient (Wildman–Crippen LogP) is 4.51. The van der Waals surface area contributed by atoms with Crippen molar-refractivity contribution in [2.24, 2.45) is 0 Å². The number of benzene rings is 2. The first kappa shape index (κ1) is 20.0. The van der Waals surface area contributed by atoms with Crippen molar-refractivity contribution in [2.75, 3.05) is 17.5 Å². The van der Waals surface area contributed by atoms with E-state index in [1.165, 1.54) is 18.2 Å². The zero-order valence-corrected chi connectivity index (χ0v) is 17.0. The summed E-state index contributed by atoms with van der Waals surface area (Å²) in [5, 5.41) is 0.341. The number of carbonyl (C=O) groups is 1. The van der Waals surface area contributed by atoms with Gasteiger partial charge in [-0.1, -0.05) is 45.2 Å². The summed E-state index contributed by atoms with van der Waals surface area (Å²) in [5.74, 6) is -0.661. The number of hydrogen-bond donors (Lipinski definition) is 0. The van der Waals surface area contributed by atoms with Gasteiger partial charge in [-0.15, -0.1) is 0 Å². The van der Waals surface area contributed by atoms with Crippen LogP contribution in [0.2, 0.25) is 10.0 Å². The Hall–Kier alpha value is -1.28. The Morgan fingerprint density at radius 2 is 1.88 bits per heavy atom. The van der Waals surface area contributed by atoms with Gasteiger partial charge in [0.25, 0.3) is 10.0 Å². The van der Waals surface area contributed by atoms with Crippen LogP contribution in [0.15, 0.2) is 51.8 Å². The molecule has 0 amide bonds. The second-order valence-electron chi connectivity index (χ2n) is 4.87. The number of ether oxygens (including phenoxy) is 1. The second kappa shape index (κ2) is 8.40. The molecule has 9 heteroatoms. The molecule has 0 saturated carbocycles. The SMILES string of the molecule is CCOC(=O)CN(c1cccc(Br)c1)S(=O)(=O)c1ccc(Cl)c(Cl)c1. The maximum atomic E-state index is 13.0. The van der Waals surface area contributed by atoms with E-state index in [1.807, 2.05) is 0 Å². The predicted molar refractivity (Wildman–Crippen MR) is 102 cm³/mol. The number of nitrogens with zero attached hydrogens (tertiary/aromatic N) is 1. The fraction of sp³-hybridized carbons (Fsp3) is 0.188. The van der Waals surface area contributed by atoms with Crippen molar-refractivity contribution in [3.63, 3.8) is 0 Å². The van der Waals surface area contributed by atoms with Crippen molar-refractivity contribution in [1.29, 1.82) is 0 Å². The van der Waals surface area contributed by atoms with Crippen LogP contribution < -0.4 is 4.31 Å². The Kier molecular flexibility index (Phi) is 6.73. The minimum Gasteiger partial charge on any atom is -0.465 e. The lowest BCUT2D eigenvalue weighted by Crippen LogP contribution is -2.36. The molecular formula is C16H14BrCl2NO4S. The van der Waals surface area contributed by atoms with Crippen LogP contribution in [0.25, 0.3) is 0 Å². The van der Waals surface area contributed by atoms with Crippen molar-refractivity contribution >= 4 is 60.8 Å². The average molecular weight is 467 g/mol. The Morgan fingerprint density at radius 1 is 1.16 bits per heavy atom. The molecule has 0 unspecified atom stereocenters. The molecule has 2 rings (SSSR count). The van der Waals surface area contributed by atoms with E-state index in [2.05, 4.69) is 15.9 Å². The lowest BCUT2D eigenvalue weighted by atomic mass is 10.3. The second-order valence-corrected chi connectivity index (χ2v) is 8.46. The average Bonchev–Trinajstić information content (AvgIpc) is 2.55. The highest BCUT2D eigenvalue weighted by Gasteiger charge is 2.28. The third-order valence-corrected chi connectivity index (χ3v) is 6.16. The van der Waals surface area contributed by atoms with Crippen LogP contribution in [0.5, 0.6) is 0 Å². The summed E-state index contributed by atoms with van der Waals surface area (Å²) in [6.07, 6.45) is 0. The van der Waals surface area contributed by atoms with Gasteiger partial charge in [0, 0.05) is 4.47 Å². The maximum Gasteiger partial charge on any atom is 0.326 e. The van der Waals surface area contributed by atoms with Crippen LogP contribution in [0, 0.1) is 0 Å². The third-order valence-electron chi connectivity index (χ3n) is 3.15. The van der Waals surface area contributed by atoms with Gasteiger partial charge >= 0.3 is 5.97 Å². The van der Waals surface area contributed by atoms with Gasteiger partial charge in [0.1, 0.15) is 6.54 Å². The molecule has 0 bridgehead atoms. The minimum absolute atomic E-state index is 0.0776. The van der Waals surface area contributed by atoms with Gasteiger partial charge in [-0.3, -0.25) is 9.10 Å². The fourth-order valence-corrected chi connectivity index (χ4v) is 4.21. The zero-order chi connectivity index (χ0) is 18.6. The smallest absolute Gasteiger partial charge is 0.326 e. The van der Waals surface area contributed by atoms with Gasteiger partial charge in [-0.2, -0.15) is 0 Å². The van der Waals surface area contributed by atoms with E-state index in [0.29, 0.717) is 10.2 Å². The topological polar surface area (TPSA) is 63.7 Å². The summed E-state index contributed by atoms with van der Waals surface area (Å²) < 4.78 is 32.6. The number of halogens is 3. The van der Waals surface area contributed by atoms with E-state index in [-0.39, 0.29) is 21.5 Å². The minimum atomic E-state index is -4.05. The largest absolute Gasteiger partial charge is 0.465 e. The first-order valence-electron chi connectivity index (χ1n) is 7.14. The van der Waals surface area contributed by atoms with E-state index in [0.717, 1.165) is 4.31 Å². The Bertz CT molecular complexity index is 889. The molecule has 0 radical (unpaired) electrons. The van der Waals surface area contributed by atoms with Gasteiger partial charge in [-0.05, 0) is 43.3 Å². The quantitative estimate of drug-likeness (QED) is 0.587. The van der Waals surface area contributed by atoms with E-state index >= 15 is 0 Å². The highest BCUT2D eigenvalue weighted by molar-refractivity contribution is 9.10. The molecule has 0 atom stereocenters. The molecule has 0 heterocycles. The van der Waals surface area contributed by atoms with Gasteiger partial charge in [0.15, 0.2) is 0 Å². The molecule has 5 nitrogen and oxygen atoms in total. The molecule has 0 spiro atoms. The molecule has 25 heavy (non-hydrogen) atoms. The normalized spacial score (nSPS) is 11.2. The number of carbonyl (C=O) groups excluding carboxylic acids is 1. The standard InChI is InChI=1S/C16H14BrCl2NO4S/c1-2-24-16(21)10-20(12-5-3-4-11(17)8-12)25(22,23)13-6-7-14(18)15(19)9-13/h3-9H,2,10H2,1H3. The number of hydrogen-bond acceptors (Lipinski definition) is 4. The summed E-state index contributed by atoms with van der Waals surface area (Å²) in [4.78, 5) is 11.8. The summed E-state index contributed by atoms with van der Waals surface area (Å²) in [6.45, 7) is 1.33. The van der Waals surface area contributed by atoms with Crippen LogP contribution in [0.1, 0.15) is 6.92 Å². The van der Waals surface area contributed by atoms with Crippen LogP contribution in [0.4, 0.5) is 5.69 Å². The molecule has 0 aromatic heterocycles. The molecule has 2 aromatic rings. The van der Waals surface area contributed by atoms with Gasteiger partial charge < -0.3 is 4.74 Å². The number of rotatable bonds is 6. The van der Waals surface area contributed by atoms with Gasteiger partial charge in [-0.25, -0.2) is 8.42 Å². The maximum absolute atomic E-state index is 13.0. The summed E-state index contributed by atoms with van der Waals surface area (Å²) >= 11 is 15.1. The Morgan fingerprint density at radius 3 is 2.48 bits per heavy atom. The Balaban J connectivity index is 2.52. The number of sulfonamides is 1. The van der Waals surface area contributed by atoms with Crippen LogP contribution in [-0.2, 0) is 19.6 Å². The molecule has 0 aliphatic rings. The highest BCUT2D eigenvalue weighted by atomic mass is 79.9. The Labute approximate surface area is 164 Å². The molecule has 0 aliphatic heterocycles. The van der Waals surface area contributed by atoms with Crippen molar-refractivity contribution < 1.29 is 17.9 Å². The van der Waals surface area contributed by atoms with Gasteiger partial charge in [0.2, 0.25) is 0 Å². The van der Waals surface area contributed by atoms with Gasteiger partial charge in [0.05, 0.1) is 27.2 Å². The van der Waals surface area contributed by atoms with E-state index < -0.39 is 22.5 Å². The molecule has 0 saturated heterocycles. The zero-order valence-electron chi connectivity index (χ0n) is 13.1. The van der Waals surface area contributed by atoms with Crippen LogP contribution >= 0.6 is 39.1 Å². The number of esters is 1. The van der Waals surface area contributed by atoms with Crippen molar-refractivity contribution in [2.45, 2.75) is 11.8 Å². The highest BCUT2D eigenvalue weighted by Crippen LogP contribution is 2.30. The summed E-state index contributed by atoms with van der Waals surface area (Å²) in [7, 11) is -4.05. The van der Waals surface area contributed by atoms with Crippen LogP contribution in [-0.4, -0.2) is 27.5 Å². The van der Waals surface area contributed by atoms with E-state index in [4.69, 9.17) is 27.9 Å². The lowest BCUT2D eigenvalue weighted by Gasteiger charge is -2.24. The van der Waals surface area contributed by atoms with Crippen molar-refractivity contribution in [3.8, 4) is 0 Å². The van der Waals surface area contributed by atoms with E-state index in [1.54, 1.807) is 31.2 Å². The van der Waals surface area contributed by atoms with Crippen LogP contribution in [0.3, 0.4) is 0 Å². The van der Waals surface area contributed by atoms with E-state index in [9.17, 15) is 13.2 Å². The molecule has 134 valence electrons. The first-order valence-corrected chi connectivity index (χ1v) is 10.1. The van der Waals surface area contributed by atoms with Crippen molar-refractivity contribution in [3.05, 3.63) is 57.0 Å². The first-order chi connectivity index (χ1) is 11.8. The molecule has 2 aromatic carbocycles.